The fourth-order valence-electron chi connectivity index (χ4n) is 2.54. The third-order valence-corrected chi connectivity index (χ3v) is 3.59. The number of aromatic amines is 1. The minimum atomic E-state index is -0.872. The lowest BCUT2D eigenvalue weighted by molar-refractivity contribution is 0.469. The average Bonchev–Trinajstić information content (AvgIpc) is 2.80. The summed E-state index contributed by atoms with van der Waals surface area (Å²) >= 11 is 0. The van der Waals surface area contributed by atoms with Gasteiger partial charge in [-0.3, -0.25) is 9.48 Å². The SMILES string of the molecule is CCc1nn(C)c2[nH]c(-c3c(F)cccc3F)c(O)c(=O)c12. The van der Waals surface area contributed by atoms with Gasteiger partial charge in [-0.25, -0.2) is 8.78 Å². The van der Waals surface area contributed by atoms with Gasteiger partial charge in [-0.2, -0.15) is 5.10 Å². The zero-order chi connectivity index (χ0) is 16.0. The summed E-state index contributed by atoms with van der Waals surface area (Å²) in [5.74, 6) is -2.47. The van der Waals surface area contributed by atoms with E-state index in [9.17, 15) is 18.7 Å². The lowest BCUT2D eigenvalue weighted by Gasteiger charge is -2.08. The highest BCUT2D eigenvalue weighted by Gasteiger charge is 2.22. The highest BCUT2D eigenvalue weighted by Crippen LogP contribution is 2.31. The topological polar surface area (TPSA) is 70.9 Å². The number of fused-ring (bicyclic) bond motifs is 1. The smallest absolute Gasteiger partial charge is 0.235 e. The lowest BCUT2D eigenvalue weighted by atomic mass is 10.1. The number of halogens is 2. The van der Waals surface area contributed by atoms with Crippen molar-refractivity contribution in [3.8, 4) is 17.0 Å². The van der Waals surface area contributed by atoms with Crippen molar-refractivity contribution in [2.45, 2.75) is 13.3 Å². The van der Waals surface area contributed by atoms with Crippen molar-refractivity contribution in [3.05, 3.63) is 45.8 Å². The Hall–Kier alpha value is -2.70. The predicted octanol–water partition coefficient (Wildman–Crippen LogP) is 2.47. The molecule has 5 nitrogen and oxygen atoms in total. The first kappa shape index (κ1) is 14.2. The van der Waals surface area contributed by atoms with Crippen molar-refractivity contribution in [2.75, 3.05) is 0 Å². The Kier molecular flexibility index (Phi) is 3.20. The van der Waals surface area contributed by atoms with E-state index in [1.165, 1.54) is 10.7 Å². The molecular formula is C15H13F2N3O2. The molecule has 1 aromatic carbocycles. The molecule has 0 aliphatic carbocycles. The van der Waals surface area contributed by atoms with E-state index in [-0.39, 0.29) is 11.1 Å². The van der Waals surface area contributed by atoms with Crippen LogP contribution >= 0.6 is 0 Å². The Morgan fingerprint density at radius 3 is 2.55 bits per heavy atom. The highest BCUT2D eigenvalue weighted by molar-refractivity contribution is 5.84. The summed E-state index contributed by atoms with van der Waals surface area (Å²) in [6, 6.07) is 3.32. The van der Waals surface area contributed by atoms with Crippen molar-refractivity contribution in [3.63, 3.8) is 0 Å². The molecule has 0 saturated heterocycles. The van der Waals surface area contributed by atoms with Gasteiger partial charge in [0.2, 0.25) is 5.43 Å². The minimum absolute atomic E-state index is 0.225. The van der Waals surface area contributed by atoms with Crippen LogP contribution in [0.5, 0.6) is 5.75 Å². The summed E-state index contributed by atoms with van der Waals surface area (Å²) in [6.07, 6.45) is 0.493. The van der Waals surface area contributed by atoms with E-state index in [1.807, 2.05) is 6.92 Å². The molecule has 0 saturated carbocycles. The van der Waals surface area contributed by atoms with E-state index < -0.39 is 28.4 Å². The first-order chi connectivity index (χ1) is 10.5. The Labute approximate surface area is 123 Å². The molecule has 0 spiro atoms. The van der Waals surface area contributed by atoms with E-state index in [2.05, 4.69) is 10.1 Å². The molecule has 3 rings (SSSR count). The van der Waals surface area contributed by atoms with Gasteiger partial charge in [-0.05, 0) is 18.6 Å². The van der Waals surface area contributed by atoms with Crippen LogP contribution in [0.25, 0.3) is 22.3 Å². The van der Waals surface area contributed by atoms with Gasteiger partial charge in [0.1, 0.15) is 17.3 Å². The van der Waals surface area contributed by atoms with Gasteiger partial charge in [0.05, 0.1) is 22.3 Å². The molecule has 0 amide bonds. The molecule has 22 heavy (non-hydrogen) atoms. The van der Waals surface area contributed by atoms with Gasteiger partial charge < -0.3 is 10.1 Å². The van der Waals surface area contributed by atoms with Crippen LogP contribution in [-0.4, -0.2) is 19.9 Å². The number of aryl methyl sites for hydroxylation is 2. The third-order valence-electron chi connectivity index (χ3n) is 3.59. The maximum atomic E-state index is 13.9. The molecule has 0 fully saturated rings. The second-order valence-corrected chi connectivity index (χ2v) is 4.92. The van der Waals surface area contributed by atoms with Crippen LogP contribution in [0.3, 0.4) is 0 Å². The van der Waals surface area contributed by atoms with Gasteiger partial charge in [-0.1, -0.05) is 13.0 Å². The zero-order valence-electron chi connectivity index (χ0n) is 11.9. The van der Waals surface area contributed by atoms with Crippen molar-refractivity contribution < 1.29 is 13.9 Å². The number of H-pyrrole nitrogens is 1. The summed E-state index contributed by atoms with van der Waals surface area (Å²) in [6.45, 7) is 1.82. The molecule has 2 N–H and O–H groups in total. The van der Waals surface area contributed by atoms with E-state index in [4.69, 9.17) is 0 Å². The van der Waals surface area contributed by atoms with Crippen LogP contribution < -0.4 is 5.43 Å². The molecule has 114 valence electrons. The first-order valence-electron chi connectivity index (χ1n) is 6.70. The van der Waals surface area contributed by atoms with E-state index in [1.54, 1.807) is 7.05 Å². The first-order valence-corrected chi connectivity index (χ1v) is 6.70. The van der Waals surface area contributed by atoms with Crippen LogP contribution in [-0.2, 0) is 13.5 Å². The number of hydrogen-bond acceptors (Lipinski definition) is 3. The third kappa shape index (κ3) is 1.89. The van der Waals surface area contributed by atoms with Crippen molar-refractivity contribution in [1.82, 2.24) is 14.8 Å². The standard InChI is InChI=1S/C15H13F2N3O2/c1-3-9-11-13(21)14(22)12(18-15(11)20(2)19-9)10-7(16)5-4-6-8(10)17/h4-6,22H,3H2,1-2H3,(H,18,21). The molecule has 2 heterocycles. The number of pyridine rings is 1. The lowest BCUT2D eigenvalue weighted by Crippen LogP contribution is -2.07. The normalized spacial score (nSPS) is 11.3. The number of rotatable bonds is 2. The summed E-state index contributed by atoms with van der Waals surface area (Å²) in [5, 5.41) is 14.5. The van der Waals surface area contributed by atoms with Gasteiger partial charge in [0.15, 0.2) is 5.75 Å². The molecule has 0 atom stereocenters. The van der Waals surface area contributed by atoms with Crippen molar-refractivity contribution >= 4 is 11.0 Å². The Bertz CT molecular complexity index is 924. The highest BCUT2D eigenvalue weighted by atomic mass is 19.1. The van der Waals surface area contributed by atoms with Gasteiger partial charge in [0.25, 0.3) is 0 Å². The molecule has 0 bridgehead atoms. The summed E-state index contributed by atoms with van der Waals surface area (Å²) in [5.41, 5.74) is -0.653. The Balaban J connectivity index is 2.45. The Morgan fingerprint density at radius 2 is 1.95 bits per heavy atom. The molecular weight excluding hydrogens is 292 g/mol. The zero-order valence-corrected chi connectivity index (χ0v) is 11.9. The number of benzene rings is 1. The average molecular weight is 305 g/mol. The van der Waals surface area contributed by atoms with Crippen LogP contribution in [0.4, 0.5) is 8.78 Å². The van der Waals surface area contributed by atoms with Crippen LogP contribution in [0.1, 0.15) is 12.6 Å². The molecule has 0 aliphatic rings. The quantitative estimate of drug-likeness (QED) is 0.764. The summed E-state index contributed by atoms with van der Waals surface area (Å²) in [7, 11) is 1.61. The number of aromatic nitrogens is 3. The fourth-order valence-corrected chi connectivity index (χ4v) is 2.54. The van der Waals surface area contributed by atoms with Gasteiger partial charge in [-0.15, -0.1) is 0 Å². The van der Waals surface area contributed by atoms with Gasteiger partial charge >= 0.3 is 0 Å². The maximum absolute atomic E-state index is 13.9. The number of hydrogen-bond donors (Lipinski definition) is 2. The van der Waals surface area contributed by atoms with Crippen LogP contribution in [0.15, 0.2) is 23.0 Å². The minimum Gasteiger partial charge on any atom is -0.503 e. The van der Waals surface area contributed by atoms with Crippen molar-refractivity contribution in [1.29, 1.82) is 0 Å². The molecule has 0 aliphatic heterocycles. The molecule has 3 aromatic rings. The fraction of sp³-hybridized carbons (Fsp3) is 0.200. The summed E-state index contributed by atoms with van der Waals surface area (Å²) < 4.78 is 29.3. The number of nitrogens with zero attached hydrogens (tertiary/aromatic N) is 2. The number of nitrogens with one attached hydrogen (secondary N) is 1. The Morgan fingerprint density at radius 1 is 1.32 bits per heavy atom. The second kappa shape index (κ2) is 4.94. The van der Waals surface area contributed by atoms with E-state index in [0.29, 0.717) is 17.8 Å². The van der Waals surface area contributed by atoms with E-state index >= 15 is 0 Å². The maximum Gasteiger partial charge on any atom is 0.235 e. The van der Waals surface area contributed by atoms with Crippen LogP contribution in [0.2, 0.25) is 0 Å². The molecule has 7 heteroatoms. The monoisotopic (exact) mass is 305 g/mol. The van der Waals surface area contributed by atoms with Crippen molar-refractivity contribution in [2.24, 2.45) is 7.05 Å². The molecule has 2 aromatic heterocycles. The largest absolute Gasteiger partial charge is 0.503 e. The van der Waals surface area contributed by atoms with E-state index in [0.717, 1.165) is 12.1 Å². The number of aromatic hydroxyl groups is 1. The summed E-state index contributed by atoms with van der Waals surface area (Å²) in [4.78, 5) is 15.1. The predicted molar refractivity (Wildman–Crippen MR) is 77.7 cm³/mol. The van der Waals surface area contributed by atoms with Gasteiger partial charge in [0, 0.05) is 7.05 Å². The second-order valence-electron chi connectivity index (χ2n) is 4.92. The van der Waals surface area contributed by atoms with Crippen LogP contribution in [0, 0.1) is 11.6 Å². The molecule has 0 radical (unpaired) electrons. The molecule has 0 unspecified atom stereocenters.